The maximum absolute atomic E-state index is 12.2. The number of anilines is 1. The van der Waals surface area contributed by atoms with Crippen LogP contribution in [0.15, 0.2) is 17.5 Å². The minimum atomic E-state index is -0.131. The summed E-state index contributed by atoms with van der Waals surface area (Å²) in [6, 6.07) is 3.79. The van der Waals surface area contributed by atoms with E-state index in [4.69, 9.17) is 11.6 Å². The standard InChI is InChI=1S/C16H17ClN4OS3/c1-3-9(4-2)14-20-21-16(25-14)19-13(22)7-10-8-23-15(18-10)11-5-6-12(17)24-11/h5-6,8-9H,3-4,7H2,1-2H3,(H,19,21,22). The van der Waals surface area contributed by atoms with E-state index < -0.39 is 0 Å². The predicted octanol–water partition coefficient (Wildman–Crippen LogP) is 5.46. The van der Waals surface area contributed by atoms with Gasteiger partial charge in [0, 0.05) is 11.3 Å². The van der Waals surface area contributed by atoms with Crippen LogP contribution in [-0.4, -0.2) is 21.1 Å². The Hall–Kier alpha value is -1.35. The Morgan fingerprint density at radius 3 is 2.72 bits per heavy atom. The number of nitrogens with zero attached hydrogens (tertiary/aromatic N) is 3. The Kier molecular flexibility index (Phi) is 6.16. The van der Waals surface area contributed by atoms with Gasteiger partial charge in [0.25, 0.3) is 0 Å². The number of hydrogen-bond donors (Lipinski definition) is 1. The summed E-state index contributed by atoms with van der Waals surface area (Å²) in [4.78, 5) is 17.8. The second-order valence-corrected chi connectivity index (χ2v) is 9.01. The average molecular weight is 413 g/mol. The Balaban J connectivity index is 1.60. The second-order valence-electron chi connectivity index (χ2n) is 5.43. The quantitative estimate of drug-likeness (QED) is 0.559. The third-order valence-corrected chi connectivity index (χ3v) is 6.99. The van der Waals surface area contributed by atoms with Crippen LogP contribution in [0.5, 0.6) is 0 Å². The van der Waals surface area contributed by atoms with E-state index in [1.165, 1.54) is 34.0 Å². The van der Waals surface area contributed by atoms with Crippen molar-refractivity contribution >= 4 is 56.7 Å². The molecular weight excluding hydrogens is 396 g/mol. The molecule has 5 nitrogen and oxygen atoms in total. The van der Waals surface area contributed by atoms with Crippen molar-refractivity contribution in [2.24, 2.45) is 0 Å². The molecule has 0 saturated heterocycles. The van der Waals surface area contributed by atoms with Crippen molar-refractivity contribution < 1.29 is 4.79 Å². The minimum absolute atomic E-state index is 0.131. The van der Waals surface area contributed by atoms with Crippen LogP contribution in [0.2, 0.25) is 4.34 Å². The van der Waals surface area contributed by atoms with Gasteiger partial charge in [0.2, 0.25) is 11.0 Å². The Bertz CT molecular complexity index is 853. The van der Waals surface area contributed by atoms with E-state index in [0.717, 1.165) is 37.8 Å². The molecule has 9 heteroatoms. The molecule has 0 fully saturated rings. The van der Waals surface area contributed by atoms with E-state index in [9.17, 15) is 4.79 Å². The van der Waals surface area contributed by atoms with Gasteiger partial charge in [-0.2, -0.15) is 0 Å². The number of thiophene rings is 1. The topological polar surface area (TPSA) is 67.8 Å². The van der Waals surface area contributed by atoms with E-state index in [1.807, 2.05) is 17.5 Å². The van der Waals surface area contributed by atoms with Crippen LogP contribution in [0.4, 0.5) is 5.13 Å². The SMILES string of the molecule is CCC(CC)c1nnc(NC(=O)Cc2csc(-c3ccc(Cl)s3)n2)s1. The smallest absolute Gasteiger partial charge is 0.232 e. The number of rotatable bonds is 7. The van der Waals surface area contributed by atoms with Crippen LogP contribution in [0.25, 0.3) is 9.88 Å². The minimum Gasteiger partial charge on any atom is -0.300 e. The molecule has 3 aromatic rings. The number of carbonyl (C=O) groups is 1. The van der Waals surface area contributed by atoms with Crippen LogP contribution in [0, 0.1) is 0 Å². The van der Waals surface area contributed by atoms with Crippen molar-refractivity contribution in [2.75, 3.05) is 5.32 Å². The monoisotopic (exact) mass is 412 g/mol. The summed E-state index contributed by atoms with van der Waals surface area (Å²) in [6.45, 7) is 4.27. The number of halogens is 1. The summed E-state index contributed by atoms with van der Waals surface area (Å²) in [5.74, 6) is 0.273. The molecule has 0 atom stereocenters. The zero-order chi connectivity index (χ0) is 17.8. The first-order valence-electron chi connectivity index (χ1n) is 7.92. The zero-order valence-corrected chi connectivity index (χ0v) is 17.0. The molecule has 0 aliphatic heterocycles. The van der Waals surface area contributed by atoms with Crippen LogP contribution >= 0.6 is 45.6 Å². The molecule has 1 amide bonds. The Morgan fingerprint density at radius 1 is 1.24 bits per heavy atom. The van der Waals surface area contributed by atoms with Crippen molar-refractivity contribution in [3.8, 4) is 9.88 Å². The molecule has 132 valence electrons. The first-order chi connectivity index (χ1) is 12.1. The molecule has 0 saturated carbocycles. The highest BCUT2D eigenvalue weighted by Crippen LogP contribution is 2.33. The van der Waals surface area contributed by atoms with Gasteiger partial charge >= 0.3 is 0 Å². The van der Waals surface area contributed by atoms with Crippen molar-refractivity contribution in [3.63, 3.8) is 0 Å². The van der Waals surface area contributed by atoms with E-state index in [2.05, 4.69) is 34.3 Å². The lowest BCUT2D eigenvalue weighted by Crippen LogP contribution is -2.14. The number of nitrogens with one attached hydrogen (secondary N) is 1. The van der Waals surface area contributed by atoms with Gasteiger partial charge in [-0.3, -0.25) is 4.79 Å². The molecule has 0 aromatic carbocycles. The van der Waals surface area contributed by atoms with Crippen molar-refractivity contribution in [1.82, 2.24) is 15.2 Å². The largest absolute Gasteiger partial charge is 0.300 e. The fraction of sp³-hybridized carbons (Fsp3) is 0.375. The van der Waals surface area contributed by atoms with Gasteiger partial charge in [0.15, 0.2) is 0 Å². The van der Waals surface area contributed by atoms with Crippen LogP contribution < -0.4 is 5.32 Å². The van der Waals surface area contributed by atoms with Crippen molar-refractivity contribution in [3.05, 3.63) is 32.6 Å². The normalized spacial score (nSPS) is 11.2. The molecule has 3 aromatic heterocycles. The first kappa shape index (κ1) is 18.4. The van der Waals surface area contributed by atoms with Gasteiger partial charge in [0.05, 0.1) is 21.3 Å². The van der Waals surface area contributed by atoms with Crippen LogP contribution in [0.3, 0.4) is 0 Å². The molecule has 0 aliphatic carbocycles. The highest BCUT2D eigenvalue weighted by Gasteiger charge is 2.16. The summed E-state index contributed by atoms with van der Waals surface area (Å²) in [6.07, 6.45) is 2.26. The molecule has 0 bridgehead atoms. The molecule has 3 rings (SSSR count). The van der Waals surface area contributed by atoms with E-state index in [-0.39, 0.29) is 12.3 Å². The third kappa shape index (κ3) is 4.63. The van der Waals surface area contributed by atoms with E-state index >= 15 is 0 Å². The number of carbonyl (C=O) groups excluding carboxylic acids is 1. The molecule has 1 N–H and O–H groups in total. The van der Waals surface area contributed by atoms with E-state index in [0.29, 0.717) is 11.0 Å². The number of thiazole rings is 1. The number of hydrogen-bond acceptors (Lipinski definition) is 7. The first-order valence-corrected chi connectivity index (χ1v) is 10.8. The highest BCUT2D eigenvalue weighted by atomic mass is 35.5. The lowest BCUT2D eigenvalue weighted by Gasteiger charge is -2.05. The van der Waals surface area contributed by atoms with Gasteiger partial charge in [-0.1, -0.05) is 36.8 Å². The lowest BCUT2D eigenvalue weighted by molar-refractivity contribution is -0.115. The third-order valence-electron chi connectivity index (χ3n) is 3.70. The molecule has 0 radical (unpaired) electrons. The van der Waals surface area contributed by atoms with Gasteiger partial charge in [-0.25, -0.2) is 4.98 Å². The number of aromatic nitrogens is 3. The summed E-state index contributed by atoms with van der Waals surface area (Å²) in [5, 5.41) is 15.4. The van der Waals surface area contributed by atoms with Crippen molar-refractivity contribution in [1.29, 1.82) is 0 Å². The van der Waals surface area contributed by atoms with Gasteiger partial charge < -0.3 is 5.32 Å². The average Bonchev–Trinajstić information content (AvgIpc) is 3.30. The van der Waals surface area contributed by atoms with Gasteiger partial charge in [0.1, 0.15) is 10.0 Å². The van der Waals surface area contributed by atoms with E-state index in [1.54, 1.807) is 0 Å². The van der Waals surface area contributed by atoms with Gasteiger partial charge in [-0.05, 0) is 25.0 Å². The summed E-state index contributed by atoms with van der Waals surface area (Å²) in [5.41, 5.74) is 0.742. The Morgan fingerprint density at radius 2 is 2.04 bits per heavy atom. The summed E-state index contributed by atoms with van der Waals surface area (Å²) in [7, 11) is 0. The Labute approximate surface area is 163 Å². The highest BCUT2D eigenvalue weighted by molar-refractivity contribution is 7.23. The second kappa shape index (κ2) is 8.35. The predicted molar refractivity (Wildman–Crippen MR) is 106 cm³/mol. The summed E-state index contributed by atoms with van der Waals surface area (Å²) >= 11 is 10.4. The van der Waals surface area contributed by atoms with Crippen LogP contribution in [0.1, 0.15) is 43.3 Å². The molecule has 0 spiro atoms. The summed E-state index contributed by atoms with van der Waals surface area (Å²) < 4.78 is 0.731. The lowest BCUT2D eigenvalue weighted by atomic mass is 10.1. The molecule has 25 heavy (non-hydrogen) atoms. The molecule has 0 unspecified atom stereocenters. The fourth-order valence-corrected chi connectivity index (χ4v) is 5.31. The molecule has 0 aliphatic rings. The van der Waals surface area contributed by atoms with Crippen molar-refractivity contribution in [2.45, 2.75) is 39.0 Å². The maximum atomic E-state index is 12.2. The fourth-order valence-electron chi connectivity index (χ4n) is 2.35. The molecular formula is C16H17ClN4OS3. The van der Waals surface area contributed by atoms with Gasteiger partial charge in [-0.15, -0.1) is 32.9 Å². The van der Waals surface area contributed by atoms with Crippen LogP contribution in [-0.2, 0) is 11.2 Å². The zero-order valence-electron chi connectivity index (χ0n) is 13.8. The molecule has 3 heterocycles. The maximum Gasteiger partial charge on any atom is 0.232 e. The number of amides is 1.